The third-order valence-corrected chi connectivity index (χ3v) is 5.81. The summed E-state index contributed by atoms with van der Waals surface area (Å²) in [5.41, 5.74) is 1.62. The number of benzene rings is 2. The highest BCUT2D eigenvalue weighted by Gasteiger charge is 2.34. The molecule has 0 radical (unpaired) electrons. The van der Waals surface area contributed by atoms with Gasteiger partial charge in [0.05, 0.1) is 11.4 Å². The van der Waals surface area contributed by atoms with Gasteiger partial charge in [0.25, 0.3) is 10.1 Å². The zero-order valence-electron chi connectivity index (χ0n) is 11.4. The maximum Gasteiger partial charge on any atom is 0.286 e. The van der Waals surface area contributed by atoms with Crippen LogP contribution in [0.5, 0.6) is 0 Å². The molecule has 1 N–H and O–H groups in total. The predicted octanol–water partition coefficient (Wildman–Crippen LogP) is 3.91. The van der Waals surface area contributed by atoms with E-state index in [1.165, 1.54) is 0 Å². The van der Waals surface area contributed by atoms with Crippen LogP contribution in [0.1, 0.15) is 13.3 Å². The van der Waals surface area contributed by atoms with E-state index in [0.717, 1.165) is 21.2 Å². The molecular weight excluding hydrogens is 306 g/mol. The first-order chi connectivity index (χ1) is 10.0. The van der Waals surface area contributed by atoms with Crippen LogP contribution >= 0.6 is 11.8 Å². The minimum absolute atomic E-state index is 0.298. The molecule has 0 fully saturated rings. The number of fused-ring (bicyclic) bond motifs is 2. The maximum atomic E-state index is 11.8. The first kappa shape index (κ1) is 14.4. The van der Waals surface area contributed by atoms with Crippen molar-refractivity contribution >= 4 is 33.3 Å². The lowest BCUT2D eigenvalue weighted by molar-refractivity contribution is 0.464. The van der Waals surface area contributed by atoms with E-state index in [0.29, 0.717) is 6.42 Å². The second-order valence-corrected chi connectivity index (χ2v) is 7.44. The Morgan fingerprint density at radius 2 is 1.52 bits per heavy atom. The Bertz CT molecular complexity index is 728. The van der Waals surface area contributed by atoms with E-state index in [1.54, 1.807) is 23.6 Å². The number of rotatable bonds is 3. The van der Waals surface area contributed by atoms with Crippen LogP contribution in [0, 0.1) is 0 Å². The third kappa shape index (κ3) is 2.54. The quantitative estimate of drug-likeness (QED) is 0.869. The molecule has 0 aromatic heterocycles. The van der Waals surface area contributed by atoms with Gasteiger partial charge < -0.3 is 4.90 Å². The molecule has 4 nitrogen and oxygen atoms in total. The van der Waals surface area contributed by atoms with Crippen molar-refractivity contribution in [3.8, 4) is 0 Å². The molecule has 0 saturated carbocycles. The fourth-order valence-electron chi connectivity index (χ4n) is 2.57. The molecule has 1 aliphatic rings. The Morgan fingerprint density at radius 3 is 1.95 bits per heavy atom. The van der Waals surface area contributed by atoms with Crippen molar-refractivity contribution in [2.45, 2.75) is 28.5 Å². The molecule has 1 aliphatic heterocycles. The number of para-hydroxylation sites is 2. The van der Waals surface area contributed by atoms with Crippen LogP contribution in [-0.4, -0.2) is 18.3 Å². The first-order valence-electron chi connectivity index (χ1n) is 6.64. The van der Waals surface area contributed by atoms with Gasteiger partial charge >= 0.3 is 0 Å². The van der Waals surface area contributed by atoms with Crippen LogP contribution in [-0.2, 0) is 10.1 Å². The summed E-state index contributed by atoms with van der Waals surface area (Å²) in [5, 5.41) is -0.985. The molecule has 1 atom stereocenters. The highest BCUT2D eigenvalue weighted by molar-refractivity contribution is 7.99. The summed E-state index contributed by atoms with van der Waals surface area (Å²) in [6, 6.07) is 15.3. The van der Waals surface area contributed by atoms with Gasteiger partial charge in [-0.25, -0.2) is 0 Å². The van der Waals surface area contributed by atoms with Crippen molar-refractivity contribution < 1.29 is 13.0 Å². The van der Waals surface area contributed by atoms with Crippen molar-refractivity contribution in [3.63, 3.8) is 0 Å². The SMILES string of the molecule is CCC(N1c2ccccc2Sc2ccccc21)S(=O)(=O)O. The predicted molar refractivity (Wildman–Crippen MR) is 84.8 cm³/mol. The summed E-state index contributed by atoms with van der Waals surface area (Å²) in [5.74, 6) is 0. The average molecular weight is 321 g/mol. The zero-order chi connectivity index (χ0) is 15.0. The van der Waals surface area contributed by atoms with Gasteiger partial charge in [-0.15, -0.1) is 0 Å². The standard InChI is InChI=1S/C15H15NO3S2/c1-2-15(21(17,18)19)16-11-7-3-5-9-13(11)20-14-10-6-4-8-12(14)16/h3-10,15H,2H2,1H3,(H,17,18,19). The van der Waals surface area contributed by atoms with Gasteiger partial charge in [0, 0.05) is 9.79 Å². The minimum atomic E-state index is -4.18. The van der Waals surface area contributed by atoms with E-state index >= 15 is 0 Å². The van der Waals surface area contributed by atoms with Crippen molar-refractivity contribution in [2.75, 3.05) is 4.90 Å². The summed E-state index contributed by atoms with van der Waals surface area (Å²) in [6.45, 7) is 1.76. The summed E-state index contributed by atoms with van der Waals surface area (Å²) in [6.07, 6.45) is 0.298. The average Bonchev–Trinajstić information content (AvgIpc) is 2.46. The lowest BCUT2D eigenvalue weighted by Gasteiger charge is -2.36. The largest absolute Gasteiger partial charge is 0.320 e. The van der Waals surface area contributed by atoms with Gasteiger partial charge in [-0.3, -0.25) is 4.55 Å². The second kappa shape index (κ2) is 5.36. The highest BCUT2D eigenvalue weighted by Crippen LogP contribution is 2.49. The molecule has 0 amide bonds. The fourth-order valence-corrected chi connectivity index (χ4v) is 4.56. The van der Waals surface area contributed by atoms with Gasteiger partial charge in [-0.2, -0.15) is 8.42 Å². The molecule has 1 heterocycles. The lowest BCUT2D eigenvalue weighted by Crippen LogP contribution is -2.38. The third-order valence-electron chi connectivity index (χ3n) is 3.45. The van der Waals surface area contributed by atoms with Crippen LogP contribution in [0.4, 0.5) is 11.4 Å². The van der Waals surface area contributed by atoms with E-state index in [4.69, 9.17) is 0 Å². The van der Waals surface area contributed by atoms with Crippen molar-refractivity contribution in [1.29, 1.82) is 0 Å². The van der Waals surface area contributed by atoms with Gasteiger partial charge in [0.1, 0.15) is 0 Å². The van der Waals surface area contributed by atoms with Crippen LogP contribution in [0.25, 0.3) is 0 Å². The van der Waals surface area contributed by atoms with Crippen LogP contribution in [0.15, 0.2) is 58.3 Å². The summed E-state index contributed by atoms with van der Waals surface area (Å²) >= 11 is 1.61. The molecule has 3 rings (SSSR count). The Hall–Kier alpha value is -1.50. The van der Waals surface area contributed by atoms with Crippen LogP contribution in [0.3, 0.4) is 0 Å². The van der Waals surface area contributed by atoms with E-state index in [-0.39, 0.29) is 0 Å². The van der Waals surface area contributed by atoms with E-state index in [2.05, 4.69) is 0 Å². The minimum Gasteiger partial charge on any atom is -0.320 e. The fraction of sp³-hybridized carbons (Fsp3) is 0.200. The van der Waals surface area contributed by atoms with Crippen molar-refractivity contribution in [2.24, 2.45) is 0 Å². The second-order valence-electron chi connectivity index (χ2n) is 4.79. The molecule has 6 heteroatoms. The number of anilines is 2. The summed E-state index contributed by atoms with van der Waals surface area (Å²) < 4.78 is 33.2. The summed E-state index contributed by atoms with van der Waals surface area (Å²) in [7, 11) is -4.18. The van der Waals surface area contributed by atoms with E-state index < -0.39 is 15.5 Å². The first-order valence-corrected chi connectivity index (χ1v) is 8.96. The van der Waals surface area contributed by atoms with Crippen LogP contribution in [0.2, 0.25) is 0 Å². The Balaban J connectivity index is 2.24. The van der Waals surface area contributed by atoms with Crippen molar-refractivity contribution in [3.05, 3.63) is 48.5 Å². The molecule has 0 bridgehead atoms. The normalized spacial score (nSPS) is 15.2. The Morgan fingerprint density at radius 1 is 1.05 bits per heavy atom. The monoisotopic (exact) mass is 321 g/mol. The topological polar surface area (TPSA) is 57.6 Å². The maximum absolute atomic E-state index is 11.8. The van der Waals surface area contributed by atoms with Gasteiger partial charge in [0.2, 0.25) is 0 Å². The Labute approximate surface area is 128 Å². The number of hydrogen-bond donors (Lipinski definition) is 1. The molecule has 0 saturated heterocycles. The van der Waals surface area contributed by atoms with Crippen molar-refractivity contribution in [1.82, 2.24) is 0 Å². The highest BCUT2D eigenvalue weighted by atomic mass is 32.2. The molecule has 1 unspecified atom stereocenters. The van der Waals surface area contributed by atoms with Gasteiger partial charge in [-0.1, -0.05) is 43.0 Å². The lowest BCUT2D eigenvalue weighted by atomic mass is 10.2. The molecule has 21 heavy (non-hydrogen) atoms. The molecule has 0 aliphatic carbocycles. The van der Waals surface area contributed by atoms with E-state index in [1.807, 2.05) is 48.5 Å². The molecule has 2 aromatic rings. The number of hydrogen-bond acceptors (Lipinski definition) is 4. The smallest absolute Gasteiger partial charge is 0.286 e. The molecule has 2 aromatic carbocycles. The molecule has 0 spiro atoms. The van der Waals surface area contributed by atoms with Gasteiger partial charge in [-0.05, 0) is 30.7 Å². The van der Waals surface area contributed by atoms with Gasteiger partial charge in [0.15, 0.2) is 5.37 Å². The van der Waals surface area contributed by atoms with E-state index in [9.17, 15) is 13.0 Å². The zero-order valence-corrected chi connectivity index (χ0v) is 13.1. The Kier molecular flexibility index (Phi) is 3.69. The number of nitrogens with zero attached hydrogens (tertiary/aromatic N) is 1. The summed E-state index contributed by atoms with van der Waals surface area (Å²) in [4.78, 5) is 3.69. The molecule has 110 valence electrons. The van der Waals surface area contributed by atoms with Crippen LogP contribution < -0.4 is 4.90 Å². The molecular formula is C15H15NO3S2.